The molecule has 0 aliphatic heterocycles. The summed E-state index contributed by atoms with van der Waals surface area (Å²) in [7, 11) is -0.00578. The van der Waals surface area contributed by atoms with E-state index in [0.717, 1.165) is 11.3 Å². The highest BCUT2D eigenvalue weighted by Crippen LogP contribution is 2.81. The van der Waals surface area contributed by atoms with E-state index in [0.29, 0.717) is 0 Å². The molecule has 0 amide bonds. The van der Waals surface area contributed by atoms with Gasteiger partial charge in [0.1, 0.15) is 0 Å². The fourth-order valence-corrected chi connectivity index (χ4v) is 15.6. The third kappa shape index (κ3) is 4.17. The zero-order valence-corrected chi connectivity index (χ0v) is 15.1. The molecule has 108 valence electrons. The molecule has 0 atom stereocenters. The lowest BCUT2D eigenvalue weighted by molar-refractivity contribution is 1.02. The Morgan fingerprint density at radius 3 is 1.79 bits per heavy atom. The molecule has 0 saturated carbocycles. The van der Waals surface area contributed by atoms with Gasteiger partial charge in [-0.05, 0) is 35.8 Å². The normalized spacial score (nSPS) is 12.5. The van der Waals surface area contributed by atoms with Gasteiger partial charge in [-0.2, -0.15) is 0 Å². The molecule has 19 heavy (non-hydrogen) atoms. The van der Waals surface area contributed by atoms with Crippen LogP contribution in [-0.2, 0) is 0 Å². The van der Waals surface area contributed by atoms with Crippen molar-refractivity contribution in [3.05, 3.63) is 30.3 Å². The summed E-state index contributed by atoms with van der Waals surface area (Å²) in [6, 6.07) is 10.6. The van der Waals surface area contributed by atoms with Crippen LogP contribution in [0.4, 0.5) is 5.69 Å². The maximum Gasteiger partial charge on any atom is 0.0617 e. The lowest BCUT2D eigenvalue weighted by Crippen LogP contribution is -2.06. The predicted molar refractivity (Wildman–Crippen MR) is 93.7 cm³/mol. The molecule has 1 rings (SSSR count). The average molecular weight is 297 g/mol. The van der Waals surface area contributed by atoms with Crippen molar-refractivity contribution in [1.82, 2.24) is 0 Å². The maximum atomic E-state index is 5.31. The molecule has 0 aliphatic rings. The maximum absolute atomic E-state index is 5.31. The lowest BCUT2D eigenvalue weighted by atomic mass is 10.3. The molecule has 0 fully saturated rings. The van der Waals surface area contributed by atoms with Crippen molar-refractivity contribution in [2.75, 3.05) is 12.3 Å². The third-order valence-electron chi connectivity index (χ3n) is 3.56. The van der Waals surface area contributed by atoms with Gasteiger partial charge in [-0.25, -0.2) is 0 Å². The first kappa shape index (κ1) is 16.9. The average Bonchev–Trinajstić information content (AvgIpc) is 2.38. The number of hydrogen-bond acceptors (Lipinski definition) is 1. The molecule has 1 nitrogen and oxygen atoms in total. The second-order valence-electron chi connectivity index (χ2n) is 5.51. The first-order valence-electron chi connectivity index (χ1n) is 7.41. The Kier molecular flexibility index (Phi) is 6.78. The van der Waals surface area contributed by atoms with E-state index < -0.39 is 6.74 Å². The van der Waals surface area contributed by atoms with Crippen LogP contribution in [0.15, 0.2) is 35.1 Å². The molecule has 0 bridgehead atoms. The highest BCUT2D eigenvalue weighted by molar-refractivity contribution is 8.34. The van der Waals surface area contributed by atoms with Crippen LogP contribution >= 0.6 is 14.4 Å². The van der Waals surface area contributed by atoms with E-state index in [1.165, 1.54) is 18.0 Å². The van der Waals surface area contributed by atoms with E-state index >= 15 is 0 Å². The Bertz CT molecular complexity index is 408. The molecule has 0 saturated heterocycles. The van der Waals surface area contributed by atoms with Crippen LogP contribution in [-0.4, -0.2) is 23.6 Å². The minimum Gasteiger partial charge on any atom is -0.263 e. The molecular weight excluding hydrogens is 268 g/mol. The fourth-order valence-electron chi connectivity index (χ4n) is 2.91. The summed E-state index contributed by atoms with van der Waals surface area (Å²) in [5.74, 6) is 0. The first-order chi connectivity index (χ1) is 8.96. The van der Waals surface area contributed by atoms with Crippen LogP contribution in [0.5, 0.6) is 0 Å². The van der Waals surface area contributed by atoms with E-state index in [9.17, 15) is 0 Å². The number of benzene rings is 1. The van der Waals surface area contributed by atoms with Crippen LogP contribution < -0.4 is 0 Å². The highest BCUT2D eigenvalue weighted by atomic mass is 32.1. The molecular formula is C16H29NP2. The number of hydrogen-bond donors (Lipinski definition) is 0. The van der Waals surface area contributed by atoms with Gasteiger partial charge in [0.25, 0.3) is 0 Å². The van der Waals surface area contributed by atoms with Crippen LogP contribution in [0.1, 0.15) is 41.5 Å². The van der Waals surface area contributed by atoms with Crippen LogP contribution in [0.2, 0.25) is 0 Å². The molecule has 0 unspecified atom stereocenters. The van der Waals surface area contributed by atoms with Crippen molar-refractivity contribution in [3.8, 4) is 0 Å². The third-order valence-corrected chi connectivity index (χ3v) is 16.5. The van der Waals surface area contributed by atoms with E-state index in [-0.39, 0.29) is 7.61 Å². The van der Waals surface area contributed by atoms with Gasteiger partial charge >= 0.3 is 0 Å². The van der Waals surface area contributed by atoms with Gasteiger partial charge in [0.05, 0.1) is 5.69 Å². The second-order valence-corrected chi connectivity index (χ2v) is 15.2. The fraction of sp³-hybridized carbons (Fsp3) is 0.625. The standard InChI is InChI=1S/C16H29NP2/c1-7-19(8-2,18(14(3)4)15(5)6)17-16-12-10-9-11-13-16/h9-15H,7-8H2,1-6H3. The van der Waals surface area contributed by atoms with Crippen molar-refractivity contribution in [3.63, 3.8) is 0 Å². The van der Waals surface area contributed by atoms with Crippen LogP contribution in [0.25, 0.3) is 0 Å². The summed E-state index contributed by atoms with van der Waals surface area (Å²) in [5.41, 5.74) is 2.74. The van der Waals surface area contributed by atoms with Gasteiger partial charge in [-0.15, -0.1) is 0 Å². The summed E-state index contributed by atoms with van der Waals surface area (Å²) in [4.78, 5) is 0. The summed E-state index contributed by atoms with van der Waals surface area (Å²) in [6.07, 6.45) is 2.50. The van der Waals surface area contributed by atoms with Gasteiger partial charge < -0.3 is 0 Å². The molecule has 0 spiro atoms. The Balaban J connectivity index is 3.34. The summed E-state index contributed by atoms with van der Waals surface area (Å²) >= 11 is 0. The molecule has 1 aromatic carbocycles. The van der Waals surface area contributed by atoms with Gasteiger partial charge in [-0.3, -0.25) is 4.74 Å². The van der Waals surface area contributed by atoms with Crippen molar-refractivity contribution in [1.29, 1.82) is 0 Å². The molecule has 0 aliphatic carbocycles. The van der Waals surface area contributed by atoms with Gasteiger partial charge in [0, 0.05) is 6.74 Å². The zero-order chi connectivity index (χ0) is 14.5. The SMILES string of the molecule is CCP(CC)(=Nc1ccccc1)P(C(C)C)C(C)C. The second kappa shape index (κ2) is 7.61. The van der Waals surface area contributed by atoms with Gasteiger partial charge in [-0.1, -0.05) is 67.4 Å². The Labute approximate surface area is 120 Å². The van der Waals surface area contributed by atoms with E-state index in [1.807, 2.05) is 0 Å². The summed E-state index contributed by atoms with van der Waals surface area (Å²) in [6.45, 7) is 13.1. The quantitative estimate of drug-likeness (QED) is 0.513. The topological polar surface area (TPSA) is 12.4 Å². The summed E-state index contributed by atoms with van der Waals surface area (Å²) < 4.78 is 5.31. The van der Waals surface area contributed by atoms with Crippen molar-refractivity contribution in [2.24, 2.45) is 4.74 Å². The molecule has 3 heteroatoms. The monoisotopic (exact) mass is 297 g/mol. The minimum atomic E-state index is -1.21. The minimum absolute atomic E-state index is 0.00578. The van der Waals surface area contributed by atoms with Crippen LogP contribution in [0.3, 0.4) is 0 Å². The van der Waals surface area contributed by atoms with E-state index in [2.05, 4.69) is 71.9 Å². The number of rotatable bonds is 6. The van der Waals surface area contributed by atoms with Crippen LogP contribution in [0, 0.1) is 0 Å². The Morgan fingerprint density at radius 2 is 1.42 bits per heavy atom. The molecule has 0 heterocycles. The molecule has 1 aromatic rings. The van der Waals surface area contributed by atoms with E-state index in [4.69, 9.17) is 4.74 Å². The van der Waals surface area contributed by atoms with Gasteiger partial charge in [0.2, 0.25) is 0 Å². The number of nitrogens with zero attached hydrogens (tertiary/aromatic N) is 1. The smallest absolute Gasteiger partial charge is 0.0617 e. The molecule has 0 aromatic heterocycles. The molecule has 0 N–H and O–H groups in total. The van der Waals surface area contributed by atoms with Gasteiger partial charge in [0.15, 0.2) is 0 Å². The van der Waals surface area contributed by atoms with E-state index in [1.54, 1.807) is 0 Å². The highest BCUT2D eigenvalue weighted by Gasteiger charge is 2.31. The first-order valence-corrected chi connectivity index (χ1v) is 11.7. The largest absolute Gasteiger partial charge is 0.263 e. The molecule has 0 radical (unpaired) electrons. The lowest BCUT2D eigenvalue weighted by Gasteiger charge is -2.38. The Morgan fingerprint density at radius 1 is 0.947 bits per heavy atom. The Hall–Kier alpha value is -0.120. The van der Waals surface area contributed by atoms with Crippen molar-refractivity contribution in [2.45, 2.75) is 52.9 Å². The van der Waals surface area contributed by atoms with Crippen molar-refractivity contribution < 1.29 is 0 Å². The van der Waals surface area contributed by atoms with Crippen molar-refractivity contribution >= 4 is 20.0 Å². The summed E-state index contributed by atoms with van der Waals surface area (Å²) in [5, 5.41) is 0. The predicted octanol–water partition coefficient (Wildman–Crippen LogP) is 6.77. The zero-order valence-electron chi connectivity index (χ0n) is 13.3.